The van der Waals surface area contributed by atoms with Crippen molar-refractivity contribution in [2.45, 2.75) is 12.3 Å². The van der Waals surface area contributed by atoms with E-state index in [9.17, 15) is 8.42 Å². The van der Waals surface area contributed by atoms with Gasteiger partial charge in [0, 0.05) is 30.0 Å². The zero-order chi connectivity index (χ0) is 13.9. The van der Waals surface area contributed by atoms with Crippen LogP contribution in [0.4, 0.5) is 5.82 Å². The average molecular weight is 297 g/mol. The quantitative estimate of drug-likeness (QED) is 0.836. The van der Waals surface area contributed by atoms with E-state index in [4.69, 9.17) is 5.26 Å². The SMILES string of the molecule is CCS(=O)(=O)C1CSCCN1c1ncccc1C#N. The van der Waals surface area contributed by atoms with Gasteiger partial charge in [-0.05, 0) is 12.1 Å². The Morgan fingerprint density at radius 2 is 2.42 bits per heavy atom. The molecule has 1 fully saturated rings. The van der Waals surface area contributed by atoms with Gasteiger partial charge >= 0.3 is 0 Å². The summed E-state index contributed by atoms with van der Waals surface area (Å²) < 4.78 is 24.3. The van der Waals surface area contributed by atoms with E-state index < -0.39 is 15.2 Å². The topological polar surface area (TPSA) is 74.1 Å². The molecule has 1 saturated heterocycles. The summed E-state index contributed by atoms with van der Waals surface area (Å²) in [5.74, 6) is 1.95. The summed E-state index contributed by atoms with van der Waals surface area (Å²) in [4.78, 5) is 5.96. The van der Waals surface area contributed by atoms with Crippen molar-refractivity contribution >= 4 is 27.4 Å². The molecule has 0 N–H and O–H groups in total. The summed E-state index contributed by atoms with van der Waals surface area (Å²) in [7, 11) is -3.19. The number of nitriles is 1. The van der Waals surface area contributed by atoms with E-state index in [-0.39, 0.29) is 5.75 Å². The van der Waals surface area contributed by atoms with Crippen molar-refractivity contribution in [1.82, 2.24) is 4.98 Å². The van der Waals surface area contributed by atoms with Gasteiger partial charge in [0.25, 0.3) is 0 Å². The van der Waals surface area contributed by atoms with Crippen molar-refractivity contribution < 1.29 is 8.42 Å². The van der Waals surface area contributed by atoms with Crippen LogP contribution in [0, 0.1) is 11.3 Å². The van der Waals surface area contributed by atoms with Crippen molar-refractivity contribution in [3.8, 4) is 6.07 Å². The van der Waals surface area contributed by atoms with Crippen molar-refractivity contribution in [1.29, 1.82) is 5.26 Å². The monoisotopic (exact) mass is 297 g/mol. The minimum atomic E-state index is -3.19. The lowest BCUT2D eigenvalue weighted by atomic mass is 10.2. The minimum absolute atomic E-state index is 0.101. The molecule has 0 bridgehead atoms. The van der Waals surface area contributed by atoms with E-state index in [1.54, 1.807) is 41.9 Å². The Balaban J connectivity index is 2.43. The zero-order valence-corrected chi connectivity index (χ0v) is 12.2. The first-order valence-corrected chi connectivity index (χ1v) is 8.88. The number of sulfone groups is 1. The molecular weight excluding hydrogens is 282 g/mol. The lowest BCUT2D eigenvalue weighted by Crippen LogP contribution is -2.48. The number of hydrogen-bond acceptors (Lipinski definition) is 6. The number of hydrogen-bond donors (Lipinski definition) is 0. The van der Waals surface area contributed by atoms with Crippen LogP contribution in [0.1, 0.15) is 12.5 Å². The molecule has 7 heteroatoms. The van der Waals surface area contributed by atoms with Gasteiger partial charge in [-0.2, -0.15) is 17.0 Å². The molecule has 1 aromatic heterocycles. The van der Waals surface area contributed by atoms with Gasteiger partial charge in [0.05, 0.1) is 5.56 Å². The van der Waals surface area contributed by atoms with E-state index in [1.807, 2.05) is 0 Å². The Morgan fingerprint density at radius 1 is 1.63 bits per heavy atom. The lowest BCUT2D eigenvalue weighted by molar-refractivity contribution is 0.579. The highest BCUT2D eigenvalue weighted by atomic mass is 32.2. The van der Waals surface area contributed by atoms with Gasteiger partial charge in [-0.3, -0.25) is 0 Å². The second kappa shape index (κ2) is 5.80. The molecule has 0 saturated carbocycles. The van der Waals surface area contributed by atoms with Crippen molar-refractivity contribution in [3.63, 3.8) is 0 Å². The molecular formula is C12H15N3O2S2. The van der Waals surface area contributed by atoms with Crippen LogP contribution in [0.15, 0.2) is 18.3 Å². The largest absolute Gasteiger partial charge is 0.337 e. The molecule has 1 aliphatic heterocycles. The summed E-state index contributed by atoms with van der Waals surface area (Å²) in [6, 6.07) is 5.43. The standard InChI is InChI=1S/C12H15N3O2S2/c1-2-19(16,17)11-9-18-7-6-15(11)12-10(8-13)4-3-5-14-12/h3-5,11H,2,6-7,9H2,1H3. The van der Waals surface area contributed by atoms with E-state index in [0.717, 1.165) is 5.75 Å². The Hall–Kier alpha value is -1.26. The molecule has 0 aliphatic carbocycles. The predicted octanol–water partition coefficient (Wildman–Crippen LogP) is 1.27. The number of anilines is 1. The molecule has 0 radical (unpaired) electrons. The van der Waals surface area contributed by atoms with Gasteiger partial charge in [-0.25, -0.2) is 13.4 Å². The molecule has 0 spiro atoms. The maximum absolute atomic E-state index is 12.2. The number of aromatic nitrogens is 1. The lowest BCUT2D eigenvalue weighted by Gasteiger charge is -2.35. The fourth-order valence-corrected chi connectivity index (χ4v) is 5.00. The third-order valence-corrected chi connectivity index (χ3v) is 6.37. The van der Waals surface area contributed by atoms with Gasteiger partial charge in [0.2, 0.25) is 0 Å². The van der Waals surface area contributed by atoms with Crippen molar-refractivity contribution in [2.75, 3.05) is 28.7 Å². The fraction of sp³-hybridized carbons (Fsp3) is 0.500. The van der Waals surface area contributed by atoms with Gasteiger partial charge in [-0.15, -0.1) is 0 Å². The first-order valence-electron chi connectivity index (χ1n) is 6.01. The maximum atomic E-state index is 12.2. The summed E-state index contributed by atoms with van der Waals surface area (Å²) in [5.41, 5.74) is 0.422. The molecule has 1 aromatic rings. The third-order valence-electron chi connectivity index (χ3n) is 3.08. The predicted molar refractivity (Wildman–Crippen MR) is 76.9 cm³/mol. The Labute approximate surface area is 117 Å². The molecule has 102 valence electrons. The minimum Gasteiger partial charge on any atom is -0.337 e. The summed E-state index contributed by atoms with van der Waals surface area (Å²) in [6.07, 6.45) is 1.59. The van der Waals surface area contributed by atoms with E-state index in [2.05, 4.69) is 11.1 Å². The molecule has 1 unspecified atom stereocenters. The molecule has 0 amide bonds. The number of thioether (sulfide) groups is 1. The molecule has 1 aliphatic rings. The smallest absolute Gasteiger partial charge is 0.171 e. The van der Waals surface area contributed by atoms with Gasteiger partial charge in [-0.1, -0.05) is 6.92 Å². The highest BCUT2D eigenvalue weighted by molar-refractivity contribution is 8.01. The second-order valence-electron chi connectivity index (χ2n) is 4.16. The number of pyridine rings is 1. The van der Waals surface area contributed by atoms with Crippen LogP contribution in [0.3, 0.4) is 0 Å². The molecule has 5 nitrogen and oxygen atoms in total. The Kier molecular flexibility index (Phi) is 4.32. The van der Waals surface area contributed by atoms with Gasteiger partial charge in [0.1, 0.15) is 17.3 Å². The summed E-state index contributed by atoms with van der Waals surface area (Å²) in [6.45, 7) is 2.25. The molecule has 1 atom stereocenters. The molecule has 2 rings (SSSR count). The normalized spacial score (nSPS) is 20.0. The van der Waals surface area contributed by atoms with Gasteiger partial charge < -0.3 is 4.90 Å². The highest BCUT2D eigenvalue weighted by Gasteiger charge is 2.34. The fourth-order valence-electron chi connectivity index (χ4n) is 2.03. The summed E-state index contributed by atoms with van der Waals surface area (Å²) in [5, 5.41) is 8.54. The van der Waals surface area contributed by atoms with Crippen LogP contribution in [-0.2, 0) is 9.84 Å². The van der Waals surface area contributed by atoms with Crippen molar-refractivity contribution in [3.05, 3.63) is 23.9 Å². The van der Waals surface area contributed by atoms with Crippen LogP contribution >= 0.6 is 11.8 Å². The van der Waals surface area contributed by atoms with E-state index in [0.29, 0.717) is 23.7 Å². The maximum Gasteiger partial charge on any atom is 0.171 e. The van der Waals surface area contributed by atoms with Crippen LogP contribution < -0.4 is 4.90 Å². The van der Waals surface area contributed by atoms with Crippen LogP contribution in [-0.4, -0.2) is 42.6 Å². The second-order valence-corrected chi connectivity index (χ2v) is 7.76. The first-order chi connectivity index (χ1) is 9.10. The third kappa shape index (κ3) is 2.85. The summed E-state index contributed by atoms with van der Waals surface area (Å²) >= 11 is 1.63. The Morgan fingerprint density at radius 3 is 3.11 bits per heavy atom. The van der Waals surface area contributed by atoms with Crippen molar-refractivity contribution in [2.24, 2.45) is 0 Å². The highest BCUT2D eigenvalue weighted by Crippen LogP contribution is 2.27. The van der Waals surface area contributed by atoms with Crippen LogP contribution in [0.5, 0.6) is 0 Å². The number of nitrogens with zero attached hydrogens (tertiary/aromatic N) is 3. The van der Waals surface area contributed by atoms with E-state index >= 15 is 0 Å². The number of rotatable bonds is 3. The average Bonchev–Trinajstić information content (AvgIpc) is 2.47. The zero-order valence-electron chi connectivity index (χ0n) is 10.6. The Bertz CT molecular complexity index is 595. The van der Waals surface area contributed by atoms with Crippen LogP contribution in [0.2, 0.25) is 0 Å². The van der Waals surface area contributed by atoms with E-state index in [1.165, 1.54) is 0 Å². The molecule has 19 heavy (non-hydrogen) atoms. The first kappa shape index (κ1) is 14.2. The molecule has 0 aromatic carbocycles. The van der Waals surface area contributed by atoms with Crippen LogP contribution in [0.25, 0.3) is 0 Å². The van der Waals surface area contributed by atoms with Gasteiger partial charge in [0.15, 0.2) is 9.84 Å². The molecule has 2 heterocycles.